The van der Waals surface area contributed by atoms with Gasteiger partial charge in [0.1, 0.15) is 0 Å². The maximum absolute atomic E-state index is 3.38. The van der Waals surface area contributed by atoms with E-state index in [0.29, 0.717) is 0 Å². The number of nitrogens with zero attached hydrogens (tertiary/aromatic N) is 1. The van der Waals surface area contributed by atoms with Crippen LogP contribution in [-0.2, 0) is 18.5 Å². The van der Waals surface area contributed by atoms with E-state index in [1.165, 1.54) is 16.7 Å². The molecule has 1 heterocycles. The standard InChI is InChI=1S/C19H24N2/c1-19(14-20-2,18-10-4-3-5-11-18)15-21-12-16-8-6-7-9-17(16)13-21/h3-11,20H,12-15H2,1-2H3. The van der Waals surface area contributed by atoms with E-state index in [1.807, 2.05) is 7.05 Å². The van der Waals surface area contributed by atoms with Crippen molar-refractivity contribution in [1.82, 2.24) is 10.2 Å². The third-order valence-electron chi connectivity index (χ3n) is 4.52. The molecule has 2 aromatic carbocycles. The highest BCUT2D eigenvalue weighted by molar-refractivity contribution is 5.31. The van der Waals surface area contributed by atoms with E-state index in [0.717, 1.165) is 26.2 Å². The van der Waals surface area contributed by atoms with Crippen LogP contribution in [-0.4, -0.2) is 25.0 Å². The lowest BCUT2D eigenvalue weighted by Gasteiger charge is -2.34. The van der Waals surface area contributed by atoms with E-state index in [-0.39, 0.29) is 5.41 Å². The van der Waals surface area contributed by atoms with E-state index in [1.54, 1.807) is 0 Å². The van der Waals surface area contributed by atoms with Crippen LogP contribution in [0.3, 0.4) is 0 Å². The van der Waals surface area contributed by atoms with E-state index in [9.17, 15) is 0 Å². The number of fused-ring (bicyclic) bond motifs is 1. The third kappa shape index (κ3) is 3.02. The van der Waals surface area contributed by atoms with Gasteiger partial charge in [-0.25, -0.2) is 0 Å². The Morgan fingerprint density at radius 1 is 0.952 bits per heavy atom. The molecule has 110 valence electrons. The molecule has 0 fully saturated rings. The number of hydrogen-bond acceptors (Lipinski definition) is 2. The van der Waals surface area contributed by atoms with Crippen molar-refractivity contribution in [2.24, 2.45) is 0 Å². The minimum Gasteiger partial charge on any atom is -0.319 e. The molecule has 21 heavy (non-hydrogen) atoms. The topological polar surface area (TPSA) is 15.3 Å². The molecule has 0 spiro atoms. The first-order valence-electron chi connectivity index (χ1n) is 7.70. The molecule has 1 atom stereocenters. The largest absolute Gasteiger partial charge is 0.319 e. The van der Waals surface area contributed by atoms with E-state index < -0.39 is 0 Å². The van der Waals surface area contributed by atoms with Crippen molar-refractivity contribution in [2.75, 3.05) is 20.1 Å². The average molecular weight is 280 g/mol. The predicted octanol–water partition coefficient (Wildman–Crippen LogP) is 3.18. The van der Waals surface area contributed by atoms with Crippen molar-refractivity contribution < 1.29 is 0 Å². The summed E-state index contributed by atoms with van der Waals surface area (Å²) in [6.45, 7) is 6.57. The summed E-state index contributed by atoms with van der Waals surface area (Å²) >= 11 is 0. The van der Waals surface area contributed by atoms with Gasteiger partial charge in [0.05, 0.1) is 0 Å². The van der Waals surface area contributed by atoms with Gasteiger partial charge in [-0.05, 0) is 23.7 Å². The molecule has 2 nitrogen and oxygen atoms in total. The van der Waals surface area contributed by atoms with Gasteiger partial charge in [-0.15, -0.1) is 0 Å². The molecule has 2 aromatic rings. The van der Waals surface area contributed by atoms with Crippen molar-refractivity contribution in [3.05, 3.63) is 71.3 Å². The van der Waals surface area contributed by atoms with Gasteiger partial charge in [0.25, 0.3) is 0 Å². The summed E-state index contributed by atoms with van der Waals surface area (Å²) in [6.07, 6.45) is 0. The second-order valence-corrected chi connectivity index (χ2v) is 6.37. The molecular weight excluding hydrogens is 256 g/mol. The summed E-state index contributed by atoms with van der Waals surface area (Å²) in [5.41, 5.74) is 4.52. The molecule has 1 aliphatic heterocycles. The SMILES string of the molecule is CNCC(C)(CN1Cc2ccccc2C1)c1ccccc1. The van der Waals surface area contributed by atoms with Crippen molar-refractivity contribution in [2.45, 2.75) is 25.4 Å². The minimum absolute atomic E-state index is 0.137. The molecule has 0 bridgehead atoms. The van der Waals surface area contributed by atoms with Crippen molar-refractivity contribution in [3.63, 3.8) is 0 Å². The van der Waals surface area contributed by atoms with Gasteiger partial charge in [-0.1, -0.05) is 61.5 Å². The van der Waals surface area contributed by atoms with Gasteiger partial charge < -0.3 is 5.32 Å². The molecule has 0 aliphatic carbocycles. The first-order valence-corrected chi connectivity index (χ1v) is 7.70. The summed E-state index contributed by atoms with van der Waals surface area (Å²) in [6, 6.07) is 19.7. The highest BCUT2D eigenvalue weighted by Crippen LogP contribution is 2.29. The Balaban J connectivity index is 1.78. The van der Waals surface area contributed by atoms with Crippen LogP contribution in [0.2, 0.25) is 0 Å². The number of hydrogen-bond donors (Lipinski definition) is 1. The van der Waals surface area contributed by atoms with Gasteiger partial charge >= 0.3 is 0 Å². The van der Waals surface area contributed by atoms with Crippen LogP contribution in [0.15, 0.2) is 54.6 Å². The lowest BCUT2D eigenvalue weighted by molar-refractivity contribution is 0.216. The fourth-order valence-electron chi connectivity index (χ4n) is 3.49. The number of likely N-dealkylation sites (N-methyl/N-ethyl adjacent to an activating group) is 1. The maximum atomic E-state index is 3.38. The molecule has 0 saturated heterocycles. The Labute approximate surface area is 127 Å². The average Bonchev–Trinajstić information content (AvgIpc) is 2.90. The quantitative estimate of drug-likeness (QED) is 0.905. The molecule has 1 aliphatic rings. The lowest BCUT2D eigenvalue weighted by atomic mass is 9.82. The van der Waals surface area contributed by atoms with Crippen LogP contribution in [0.1, 0.15) is 23.6 Å². The normalized spacial score (nSPS) is 17.4. The molecular formula is C19H24N2. The van der Waals surface area contributed by atoms with Crippen molar-refractivity contribution in [3.8, 4) is 0 Å². The monoisotopic (exact) mass is 280 g/mol. The molecule has 0 amide bonds. The first kappa shape index (κ1) is 14.3. The van der Waals surface area contributed by atoms with Crippen LogP contribution in [0.5, 0.6) is 0 Å². The minimum atomic E-state index is 0.137. The summed E-state index contributed by atoms with van der Waals surface area (Å²) in [5.74, 6) is 0. The predicted molar refractivity (Wildman–Crippen MR) is 88.3 cm³/mol. The number of benzene rings is 2. The molecule has 0 radical (unpaired) electrons. The number of rotatable bonds is 5. The summed E-state index contributed by atoms with van der Waals surface area (Å²) < 4.78 is 0. The maximum Gasteiger partial charge on any atom is 0.0240 e. The Kier molecular flexibility index (Phi) is 4.09. The van der Waals surface area contributed by atoms with Gasteiger partial charge in [-0.2, -0.15) is 0 Å². The lowest BCUT2D eigenvalue weighted by Crippen LogP contribution is -2.43. The van der Waals surface area contributed by atoms with Crippen molar-refractivity contribution >= 4 is 0 Å². The molecule has 0 aromatic heterocycles. The zero-order chi connectivity index (χ0) is 14.7. The highest BCUT2D eigenvalue weighted by Gasteiger charge is 2.30. The third-order valence-corrected chi connectivity index (χ3v) is 4.52. The fourth-order valence-corrected chi connectivity index (χ4v) is 3.49. The Morgan fingerprint density at radius 2 is 1.52 bits per heavy atom. The molecule has 2 heteroatoms. The van der Waals surface area contributed by atoms with E-state index in [2.05, 4.69) is 71.7 Å². The highest BCUT2D eigenvalue weighted by atomic mass is 15.1. The Morgan fingerprint density at radius 3 is 2.10 bits per heavy atom. The number of nitrogens with one attached hydrogen (secondary N) is 1. The van der Waals surface area contributed by atoms with Gasteiger partial charge in [-0.3, -0.25) is 4.90 Å². The van der Waals surface area contributed by atoms with Crippen LogP contribution in [0.25, 0.3) is 0 Å². The Bertz CT molecular complexity index is 569. The van der Waals surface area contributed by atoms with Crippen LogP contribution >= 0.6 is 0 Å². The summed E-state index contributed by atoms with van der Waals surface area (Å²) in [7, 11) is 2.04. The molecule has 1 unspecified atom stereocenters. The second kappa shape index (κ2) is 6.00. The van der Waals surface area contributed by atoms with E-state index in [4.69, 9.17) is 0 Å². The van der Waals surface area contributed by atoms with Crippen LogP contribution in [0.4, 0.5) is 0 Å². The summed E-state index contributed by atoms with van der Waals surface area (Å²) in [5, 5.41) is 3.38. The fraction of sp³-hybridized carbons (Fsp3) is 0.368. The molecule has 0 saturated carbocycles. The van der Waals surface area contributed by atoms with Gasteiger partial charge in [0.15, 0.2) is 0 Å². The zero-order valence-corrected chi connectivity index (χ0v) is 13.0. The first-order chi connectivity index (χ1) is 10.2. The van der Waals surface area contributed by atoms with Gasteiger partial charge in [0, 0.05) is 31.6 Å². The van der Waals surface area contributed by atoms with Crippen molar-refractivity contribution in [1.29, 1.82) is 0 Å². The summed E-state index contributed by atoms with van der Waals surface area (Å²) in [4.78, 5) is 2.56. The van der Waals surface area contributed by atoms with Crippen LogP contribution < -0.4 is 5.32 Å². The second-order valence-electron chi connectivity index (χ2n) is 6.37. The van der Waals surface area contributed by atoms with Crippen LogP contribution in [0, 0.1) is 0 Å². The van der Waals surface area contributed by atoms with Gasteiger partial charge in [0.2, 0.25) is 0 Å². The zero-order valence-electron chi connectivity index (χ0n) is 13.0. The Hall–Kier alpha value is -1.64. The van der Waals surface area contributed by atoms with E-state index >= 15 is 0 Å². The molecule has 1 N–H and O–H groups in total. The molecule has 3 rings (SSSR count). The smallest absolute Gasteiger partial charge is 0.0240 e.